The number of halogens is 1. The van der Waals surface area contributed by atoms with Gasteiger partial charge in [-0.25, -0.2) is 4.99 Å². The van der Waals surface area contributed by atoms with Crippen LogP contribution in [-0.2, 0) is 0 Å². The largest absolute Gasteiger partial charge is 0.497 e. The second kappa shape index (κ2) is 8.12. The molecule has 0 aromatic heterocycles. The zero-order valence-corrected chi connectivity index (χ0v) is 15.8. The molecule has 3 aliphatic heterocycles. The zero-order valence-electron chi connectivity index (χ0n) is 15.0. The van der Waals surface area contributed by atoms with Crippen LogP contribution in [0.3, 0.4) is 0 Å². The molecule has 0 amide bonds. The van der Waals surface area contributed by atoms with Gasteiger partial charge < -0.3 is 15.5 Å². The van der Waals surface area contributed by atoms with Crippen LogP contribution in [0.15, 0.2) is 45.3 Å². The maximum Gasteiger partial charge on any atom is 0.151 e. The summed E-state index contributed by atoms with van der Waals surface area (Å²) >= 11 is 0. The van der Waals surface area contributed by atoms with Crippen LogP contribution < -0.4 is 10.1 Å². The predicted octanol–water partition coefficient (Wildman–Crippen LogP) is 2.33. The van der Waals surface area contributed by atoms with Crippen LogP contribution in [0.5, 0.6) is 5.75 Å². The van der Waals surface area contributed by atoms with Crippen molar-refractivity contribution in [2.24, 2.45) is 20.9 Å². The van der Waals surface area contributed by atoms with Gasteiger partial charge in [-0.05, 0) is 63.2 Å². The fourth-order valence-corrected chi connectivity index (χ4v) is 3.55. The Bertz CT molecular complexity index is 764. The number of ether oxygens (including phenoxy) is 1. The molecule has 0 spiro atoms. The van der Waals surface area contributed by atoms with Gasteiger partial charge in [-0.2, -0.15) is 0 Å². The quantitative estimate of drug-likeness (QED) is 0.877. The van der Waals surface area contributed by atoms with E-state index < -0.39 is 0 Å². The smallest absolute Gasteiger partial charge is 0.151 e. The second-order valence-electron chi connectivity index (χ2n) is 6.63. The van der Waals surface area contributed by atoms with Gasteiger partial charge in [0.15, 0.2) is 5.66 Å². The number of hydrogen-bond acceptors (Lipinski definition) is 5. The molecule has 0 aliphatic carbocycles. The minimum atomic E-state index is -0.359. The number of aliphatic imine (C=N–C) groups is 3. The van der Waals surface area contributed by atoms with Crippen molar-refractivity contribution in [3.8, 4) is 5.75 Å². The molecule has 1 saturated heterocycles. The summed E-state index contributed by atoms with van der Waals surface area (Å²) in [5, 5.41) is 3.41. The molecule has 3 aliphatic rings. The van der Waals surface area contributed by atoms with Gasteiger partial charge in [-0.1, -0.05) is 0 Å². The van der Waals surface area contributed by atoms with Crippen molar-refractivity contribution < 1.29 is 10.2 Å². The summed E-state index contributed by atoms with van der Waals surface area (Å²) < 4.78 is 5.22. The molecular formula is C19H25ClN4O2. The molecule has 3 N–H and O–H groups in total. The zero-order chi connectivity index (χ0) is 16.6. The van der Waals surface area contributed by atoms with E-state index in [1.54, 1.807) is 7.11 Å². The van der Waals surface area contributed by atoms with Crippen molar-refractivity contribution in [3.05, 3.63) is 35.9 Å². The van der Waals surface area contributed by atoms with Crippen LogP contribution >= 0.6 is 12.4 Å². The number of piperidine rings is 1. The lowest BCUT2D eigenvalue weighted by Crippen LogP contribution is -2.42. The predicted molar refractivity (Wildman–Crippen MR) is 109 cm³/mol. The SMILES string of the molecule is COc1ccc(C2=CC3=NC(C)(C4CCNCC4)N=CC3=N2)cc1.Cl.O. The van der Waals surface area contributed by atoms with E-state index in [0.717, 1.165) is 54.4 Å². The summed E-state index contributed by atoms with van der Waals surface area (Å²) in [7, 11) is 1.67. The summed E-state index contributed by atoms with van der Waals surface area (Å²) in [6, 6.07) is 7.95. The molecule has 1 aromatic carbocycles. The Morgan fingerprint density at radius 2 is 1.81 bits per heavy atom. The van der Waals surface area contributed by atoms with Crippen molar-refractivity contribution in [3.63, 3.8) is 0 Å². The van der Waals surface area contributed by atoms with Crippen molar-refractivity contribution in [1.29, 1.82) is 0 Å². The molecule has 1 fully saturated rings. The van der Waals surface area contributed by atoms with Crippen molar-refractivity contribution in [2.75, 3.05) is 20.2 Å². The first-order chi connectivity index (χ1) is 11.7. The summed E-state index contributed by atoms with van der Waals surface area (Å²) in [6.45, 7) is 4.24. The van der Waals surface area contributed by atoms with Crippen molar-refractivity contribution in [2.45, 2.75) is 25.4 Å². The monoisotopic (exact) mass is 376 g/mol. The first kappa shape index (κ1) is 20.3. The Labute approximate surface area is 159 Å². The standard InChI is InChI=1S/C19H22N4O.ClH.H2O/c1-19(14-7-9-20-10-8-14)21-12-18-17(23-19)11-16(22-18)13-3-5-15(24-2)6-4-13;;/h3-6,11-12,14,20H,7-10H2,1-2H3;1H;1H2. The first-order valence-corrected chi connectivity index (χ1v) is 8.49. The topological polar surface area (TPSA) is 89.8 Å². The van der Waals surface area contributed by atoms with E-state index in [9.17, 15) is 0 Å². The fourth-order valence-electron chi connectivity index (χ4n) is 3.55. The Hall–Kier alpha value is -2.02. The molecule has 6 nitrogen and oxygen atoms in total. The molecule has 0 radical (unpaired) electrons. The minimum Gasteiger partial charge on any atom is -0.497 e. The van der Waals surface area contributed by atoms with Gasteiger partial charge in [0.1, 0.15) is 11.5 Å². The highest BCUT2D eigenvalue weighted by Gasteiger charge is 2.37. The normalized spacial score (nSPS) is 24.5. The summed E-state index contributed by atoms with van der Waals surface area (Å²) in [6.07, 6.45) is 6.21. The number of rotatable bonds is 3. The average Bonchev–Trinajstić information content (AvgIpc) is 3.05. The Morgan fingerprint density at radius 3 is 2.46 bits per heavy atom. The third-order valence-electron chi connectivity index (χ3n) is 5.07. The molecular weight excluding hydrogens is 352 g/mol. The number of nitrogens with one attached hydrogen (secondary N) is 1. The molecule has 1 atom stereocenters. The van der Waals surface area contributed by atoms with Gasteiger partial charge in [0, 0.05) is 11.5 Å². The molecule has 140 valence electrons. The van der Waals surface area contributed by atoms with Crippen LogP contribution in [0.25, 0.3) is 5.70 Å². The molecule has 4 rings (SSSR count). The number of allylic oxidation sites excluding steroid dienone is 1. The van der Waals surface area contributed by atoms with Gasteiger partial charge in [0.2, 0.25) is 0 Å². The van der Waals surface area contributed by atoms with Gasteiger partial charge in [-0.15, -0.1) is 12.4 Å². The number of fused-ring (bicyclic) bond motifs is 1. The maximum absolute atomic E-state index is 5.22. The van der Waals surface area contributed by atoms with E-state index in [2.05, 4.69) is 18.3 Å². The molecule has 3 heterocycles. The Kier molecular flexibility index (Phi) is 6.34. The van der Waals surface area contributed by atoms with Crippen LogP contribution in [0.4, 0.5) is 0 Å². The molecule has 0 saturated carbocycles. The van der Waals surface area contributed by atoms with Gasteiger partial charge >= 0.3 is 0 Å². The summed E-state index contributed by atoms with van der Waals surface area (Å²) in [5.74, 6) is 1.34. The van der Waals surface area contributed by atoms with Crippen LogP contribution in [-0.4, -0.2) is 49.0 Å². The van der Waals surface area contributed by atoms with E-state index in [0.29, 0.717) is 5.92 Å². The van der Waals surface area contributed by atoms with Crippen LogP contribution in [0.1, 0.15) is 25.3 Å². The van der Waals surface area contributed by atoms with Crippen LogP contribution in [0.2, 0.25) is 0 Å². The van der Waals surface area contributed by atoms with E-state index in [-0.39, 0.29) is 23.5 Å². The summed E-state index contributed by atoms with van der Waals surface area (Å²) in [4.78, 5) is 14.4. The van der Waals surface area contributed by atoms with Gasteiger partial charge in [0.05, 0.1) is 24.7 Å². The Morgan fingerprint density at radius 1 is 1.12 bits per heavy atom. The van der Waals surface area contributed by atoms with Crippen LogP contribution in [0, 0.1) is 5.92 Å². The van der Waals surface area contributed by atoms with Gasteiger partial charge in [-0.3, -0.25) is 9.98 Å². The molecule has 7 heteroatoms. The van der Waals surface area contributed by atoms with E-state index >= 15 is 0 Å². The number of hydrogen-bond donors (Lipinski definition) is 1. The van der Waals surface area contributed by atoms with E-state index in [4.69, 9.17) is 19.7 Å². The number of methoxy groups -OCH3 is 1. The number of benzene rings is 1. The maximum atomic E-state index is 5.22. The second-order valence-corrected chi connectivity index (χ2v) is 6.63. The van der Waals surface area contributed by atoms with Crippen molar-refractivity contribution >= 4 is 35.7 Å². The third kappa shape index (κ3) is 3.72. The fraction of sp³-hybridized carbons (Fsp3) is 0.421. The highest BCUT2D eigenvalue weighted by atomic mass is 35.5. The first-order valence-electron chi connectivity index (χ1n) is 8.49. The Balaban J connectivity index is 0.00000121. The van der Waals surface area contributed by atoms with Crippen molar-refractivity contribution in [1.82, 2.24) is 5.32 Å². The van der Waals surface area contributed by atoms with E-state index in [1.807, 2.05) is 30.5 Å². The number of nitrogens with zero attached hydrogens (tertiary/aromatic N) is 3. The highest BCUT2D eigenvalue weighted by molar-refractivity contribution is 6.68. The summed E-state index contributed by atoms with van der Waals surface area (Å²) in [5.41, 5.74) is 3.47. The minimum absolute atomic E-state index is 0. The van der Waals surface area contributed by atoms with Gasteiger partial charge in [0.25, 0.3) is 0 Å². The lowest BCUT2D eigenvalue weighted by atomic mass is 9.85. The molecule has 26 heavy (non-hydrogen) atoms. The third-order valence-corrected chi connectivity index (χ3v) is 5.07. The highest BCUT2D eigenvalue weighted by Crippen LogP contribution is 2.34. The molecule has 1 unspecified atom stereocenters. The lowest BCUT2D eigenvalue weighted by molar-refractivity contribution is 0.244. The van der Waals surface area contributed by atoms with E-state index in [1.165, 1.54) is 0 Å². The molecule has 1 aromatic rings. The lowest BCUT2D eigenvalue weighted by Gasteiger charge is -2.35. The average molecular weight is 377 g/mol. The molecule has 0 bridgehead atoms.